The zero-order valence-corrected chi connectivity index (χ0v) is 22.3. The van der Waals surface area contributed by atoms with Crippen molar-refractivity contribution >= 4 is 60.0 Å². The van der Waals surface area contributed by atoms with Gasteiger partial charge in [0.25, 0.3) is 0 Å². The van der Waals surface area contributed by atoms with Crippen molar-refractivity contribution < 1.29 is 13.9 Å². The number of amides is 1. The Hall–Kier alpha value is -3.72. The van der Waals surface area contributed by atoms with Crippen molar-refractivity contribution in [3.05, 3.63) is 70.9 Å². The van der Waals surface area contributed by atoms with Crippen molar-refractivity contribution in [1.29, 1.82) is 0 Å². The highest BCUT2D eigenvalue weighted by atomic mass is 32.1. The number of nitrogens with zero attached hydrogens (tertiary/aromatic N) is 2. The molecule has 7 nitrogen and oxygen atoms in total. The van der Waals surface area contributed by atoms with Gasteiger partial charge in [0.15, 0.2) is 11.3 Å². The number of ether oxygens (including phenoxy) is 1. The third-order valence-electron chi connectivity index (χ3n) is 6.92. The lowest BCUT2D eigenvalue weighted by molar-refractivity contribution is -0.116. The molecule has 194 valence electrons. The minimum atomic E-state index is -0.0484. The lowest BCUT2D eigenvalue weighted by atomic mass is 10.0. The highest BCUT2D eigenvalue weighted by Gasteiger charge is 2.19. The maximum absolute atomic E-state index is 13.1. The van der Waals surface area contributed by atoms with Crippen LogP contribution in [0.3, 0.4) is 0 Å². The summed E-state index contributed by atoms with van der Waals surface area (Å²) >= 11 is 1.70. The van der Waals surface area contributed by atoms with Crippen molar-refractivity contribution in [3.8, 4) is 11.1 Å². The van der Waals surface area contributed by atoms with Gasteiger partial charge in [0, 0.05) is 69.1 Å². The topological polar surface area (TPSA) is 75.0 Å². The van der Waals surface area contributed by atoms with Gasteiger partial charge in [0.1, 0.15) is 5.58 Å². The summed E-state index contributed by atoms with van der Waals surface area (Å²) in [5.41, 5.74) is 3.25. The highest BCUT2D eigenvalue weighted by molar-refractivity contribution is 7.26. The van der Waals surface area contributed by atoms with Gasteiger partial charge in [-0.1, -0.05) is 30.3 Å². The second-order valence-corrected chi connectivity index (χ2v) is 10.9. The molecule has 0 bridgehead atoms. The van der Waals surface area contributed by atoms with Crippen LogP contribution in [0.1, 0.15) is 6.42 Å². The summed E-state index contributed by atoms with van der Waals surface area (Å²) in [5.74, 6) is 0.580. The average molecular weight is 528 g/mol. The quantitative estimate of drug-likeness (QED) is 0.312. The molecule has 0 aliphatic carbocycles. The van der Waals surface area contributed by atoms with E-state index < -0.39 is 0 Å². The number of fused-ring (bicyclic) bond motifs is 4. The van der Waals surface area contributed by atoms with Gasteiger partial charge in [-0.05, 0) is 38.4 Å². The summed E-state index contributed by atoms with van der Waals surface area (Å²) in [6.45, 7) is 3.31. The number of carbonyl (C=O) groups excluding carboxylic acids is 1. The highest BCUT2D eigenvalue weighted by Crippen LogP contribution is 2.42. The molecule has 1 aliphatic heterocycles. The van der Waals surface area contributed by atoms with Gasteiger partial charge in [0.05, 0.1) is 18.6 Å². The molecule has 3 heterocycles. The van der Waals surface area contributed by atoms with Gasteiger partial charge in [-0.3, -0.25) is 9.59 Å². The maximum Gasteiger partial charge on any atom is 0.225 e. The molecular weight excluding hydrogens is 498 g/mol. The first kappa shape index (κ1) is 24.6. The molecule has 0 radical (unpaired) electrons. The average Bonchev–Trinajstić information content (AvgIpc) is 3.30. The smallest absolute Gasteiger partial charge is 0.225 e. The van der Waals surface area contributed by atoms with Crippen molar-refractivity contribution in [2.24, 2.45) is 0 Å². The van der Waals surface area contributed by atoms with Crippen LogP contribution in [-0.4, -0.2) is 57.8 Å². The molecule has 1 saturated heterocycles. The monoisotopic (exact) mass is 527 g/mol. The van der Waals surface area contributed by atoms with Gasteiger partial charge in [0.2, 0.25) is 5.91 Å². The van der Waals surface area contributed by atoms with E-state index in [9.17, 15) is 9.59 Å². The first-order valence-electron chi connectivity index (χ1n) is 12.8. The number of rotatable bonds is 6. The van der Waals surface area contributed by atoms with Crippen molar-refractivity contribution in [3.63, 3.8) is 0 Å². The Labute approximate surface area is 224 Å². The number of thiophene rings is 1. The van der Waals surface area contributed by atoms with Gasteiger partial charge in [-0.25, -0.2) is 0 Å². The Bertz CT molecular complexity index is 1720. The summed E-state index contributed by atoms with van der Waals surface area (Å²) in [6.07, 6.45) is 0.443. The first-order chi connectivity index (χ1) is 18.5. The fourth-order valence-corrected chi connectivity index (χ4v) is 6.16. The molecule has 1 amide bonds. The standard InChI is InChI=1S/C30H29N3O4S/c1-32(2)12-11-27(35)31-19-9-10-26-24(17-19)22-7-4-6-21(30(22)38-26)20-5-3-8-23-25(34)18-28(37-29(20)23)33-13-15-36-16-14-33/h3-10,17-18H,11-16H2,1-2H3,(H,31,35). The Balaban J connectivity index is 1.44. The molecule has 0 saturated carbocycles. The Morgan fingerprint density at radius 2 is 1.74 bits per heavy atom. The normalized spacial score (nSPS) is 14.1. The summed E-state index contributed by atoms with van der Waals surface area (Å²) < 4.78 is 14.1. The van der Waals surface area contributed by atoms with Crippen molar-refractivity contribution in [2.45, 2.75) is 6.42 Å². The molecule has 1 aliphatic rings. The Morgan fingerprint density at radius 1 is 0.974 bits per heavy atom. The molecule has 1 N–H and O–H groups in total. The molecular formula is C30H29N3O4S. The van der Waals surface area contributed by atoms with Crippen LogP contribution in [0.15, 0.2) is 69.9 Å². The second kappa shape index (κ2) is 10.2. The summed E-state index contributed by atoms with van der Waals surface area (Å²) in [5, 5.41) is 5.80. The Morgan fingerprint density at radius 3 is 2.53 bits per heavy atom. The van der Waals surface area contributed by atoms with Crippen LogP contribution in [0.2, 0.25) is 0 Å². The van der Waals surface area contributed by atoms with E-state index in [1.54, 1.807) is 17.4 Å². The fraction of sp³-hybridized carbons (Fsp3) is 0.267. The number of hydrogen-bond donors (Lipinski definition) is 1. The van der Waals surface area contributed by atoms with Gasteiger partial charge in [-0.2, -0.15) is 0 Å². The first-order valence-corrected chi connectivity index (χ1v) is 13.6. The van der Waals surface area contributed by atoms with E-state index in [1.165, 1.54) is 0 Å². The fourth-order valence-electron chi connectivity index (χ4n) is 4.95. The van der Waals surface area contributed by atoms with E-state index in [1.807, 2.05) is 55.4 Å². The van der Waals surface area contributed by atoms with E-state index in [4.69, 9.17) is 9.15 Å². The minimum Gasteiger partial charge on any atom is -0.440 e. The van der Waals surface area contributed by atoms with Gasteiger partial charge < -0.3 is 24.3 Å². The predicted molar refractivity (Wildman–Crippen MR) is 156 cm³/mol. The van der Waals surface area contributed by atoms with E-state index in [-0.39, 0.29) is 11.3 Å². The number of anilines is 2. The number of benzene rings is 3. The van der Waals surface area contributed by atoms with Crippen molar-refractivity contribution in [1.82, 2.24) is 4.90 Å². The van der Waals surface area contributed by atoms with Crippen LogP contribution < -0.4 is 15.6 Å². The molecule has 0 spiro atoms. The number of hydrogen-bond acceptors (Lipinski definition) is 7. The largest absolute Gasteiger partial charge is 0.440 e. The van der Waals surface area contributed by atoms with Gasteiger partial charge >= 0.3 is 0 Å². The zero-order valence-electron chi connectivity index (χ0n) is 21.5. The summed E-state index contributed by atoms with van der Waals surface area (Å²) in [4.78, 5) is 29.6. The summed E-state index contributed by atoms with van der Waals surface area (Å²) in [6, 6.07) is 19.6. The molecule has 3 aromatic carbocycles. The second-order valence-electron chi connectivity index (χ2n) is 9.83. The van der Waals surface area contributed by atoms with Crippen LogP contribution in [0, 0.1) is 0 Å². The zero-order chi connectivity index (χ0) is 26.2. The maximum atomic E-state index is 13.1. The van der Waals surface area contributed by atoms with E-state index in [0.717, 1.165) is 37.0 Å². The minimum absolute atomic E-state index is 0.000121. The molecule has 2 aromatic heterocycles. The van der Waals surface area contributed by atoms with Crippen molar-refractivity contribution in [2.75, 3.05) is 57.2 Å². The number of carbonyl (C=O) groups is 1. The third-order valence-corrected chi connectivity index (χ3v) is 8.14. The van der Waals surface area contributed by atoms with Crippen LogP contribution in [-0.2, 0) is 9.53 Å². The van der Waals surface area contributed by atoms with E-state index in [0.29, 0.717) is 56.1 Å². The lowest BCUT2D eigenvalue weighted by Gasteiger charge is -2.27. The molecule has 0 unspecified atom stereocenters. The number of nitrogens with one attached hydrogen (secondary N) is 1. The molecule has 1 fully saturated rings. The van der Waals surface area contributed by atoms with Crippen LogP contribution in [0.4, 0.5) is 11.6 Å². The summed E-state index contributed by atoms with van der Waals surface area (Å²) in [7, 11) is 3.91. The van der Waals surface area contributed by atoms with E-state index in [2.05, 4.69) is 28.4 Å². The molecule has 5 aromatic rings. The van der Waals surface area contributed by atoms with Gasteiger partial charge in [-0.15, -0.1) is 11.3 Å². The lowest BCUT2D eigenvalue weighted by Crippen LogP contribution is -2.36. The molecule has 38 heavy (non-hydrogen) atoms. The predicted octanol–water partition coefficient (Wildman–Crippen LogP) is 5.55. The van der Waals surface area contributed by atoms with Crippen LogP contribution in [0.5, 0.6) is 0 Å². The van der Waals surface area contributed by atoms with Crippen LogP contribution >= 0.6 is 11.3 Å². The van der Waals surface area contributed by atoms with Crippen LogP contribution in [0.25, 0.3) is 42.3 Å². The molecule has 6 rings (SSSR count). The Kier molecular flexibility index (Phi) is 6.61. The third kappa shape index (κ3) is 4.67. The molecule has 0 atom stereocenters. The number of para-hydroxylation sites is 1. The molecule has 8 heteroatoms. The number of morpholine rings is 1. The SMILES string of the molecule is CN(C)CCC(=O)Nc1ccc2sc3c(-c4cccc5c(=O)cc(N6CCOCC6)oc45)cccc3c2c1. The van der Waals surface area contributed by atoms with E-state index >= 15 is 0 Å².